The number of benzene rings is 1. The molecule has 0 aromatic heterocycles. The van der Waals surface area contributed by atoms with E-state index in [1.165, 1.54) is 5.56 Å². The van der Waals surface area contributed by atoms with E-state index >= 15 is 0 Å². The summed E-state index contributed by atoms with van der Waals surface area (Å²) in [7, 11) is 0. The smallest absolute Gasteiger partial charge is 0.117 e. The predicted octanol–water partition coefficient (Wildman–Crippen LogP) is 2.98. The molecule has 0 N–H and O–H groups in total. The van der Waals surface area contributed by atoms with Gasteiger partial charge in [-0.3, -0.25) is 0 Å². The Labute approximate surface area is 97.8 Å². The normalized spacial score (nSPS) is 10.9. The van der Waals surface area contributed by atoms with Gasteiger partial charge in [-0.05, 0) is 31.9 Å². The summed E-state index contributed by atoms with van der Waals surface area (Å²) in [5.74, 6) is 0. The molecular weight excluding hydrogens is 196 g/mol. The Bertz CT molecular complexity index is 369. The van der Waals surface area contributed by atoms with Crippen LogP contribution in [0.5, 0.6) is 0 Å². The van der Waals surface area contributed by atoms with Crippen LogP contribution >= 0.6 is 0 Å². The number of hydrogen-bond acceptors (Lipinski definition) is 2. The monoisotopic (exact) mass is 214 g/mol. The molecule has 0 saturated carbocycles. The Hall–Kier alpha value is -1.75. The van der Waals surface area contributed by atoms with E-state index < -0.39 is 0 Å². The van der Waals surface area contributed by atoms with E-state index in [4.69, 9.17) is 5.26 Å². The van der Waals surface area contributed by atoms with Crippen molar-refractivity contribution >= 4 is 0 Å². The third-order valence-corrected chi connectivity index (χ3v) is 2.59. The molecule has 0 atom stereocenters. The molecule has 1 aromatic rings. The highest BCUT2D eigenvalue weighted by atomic mass is 15.1. The largest absolute Gasteiger partial charge is 0.364 e. The van der Waals surface area contributed by atoms with E-state index in [1.807, 2.05) is 24.3 Å². The van der Waals surface area contributed by atoms with Gasteiger partial charge in [-0.25, -0.2) is 0 Å². The average Bonchev–Trinajstić information content (AvgIpc) is 2.35. The van der Waals surface area contributed by atoms with Gasteiger partial charge in [0.05, 0.1) is 0 Å². The van der Waals surface area contributed by atoms with Gasteiger partial charge in [-0.15, -0.1) is 0 Å². The van der Waals surface area contributed by atoms with Gasteiger partial charge in [-0.2, -0.15) is 5.26 Å². The van der Waals surface area contributed by atoms with E-state index in [1.54, 1.807) is 0 Å². The standard InChI is InChI=1S/C14H18N2/c1-3-16(4-2)14(12-15)11-10-13-8-6-5-7-9-13/h5-9,11H,3-4,10H2,1-2H3. The highest BCUT2D eigenvalue weighted by molar-refractivity contribution is 5.24. The minimum absolute atomic E-state index is 0.772. The van der Waals surface area contributed by atoms with Gasteiger partial charge in [0.1, 0.15) is 11.8 Å². The summed E-state index contributed by atoms with van der Waals surface area (Å²) in [5, 5.41) is 9.08. The molecule has 0 saturated heterocycles. The van der Waals surface area contributed by atoms with Crippen molar-refractivity contribution in [3.8, 4) is 6.07 Å². The van der Waals surface area contributed by atoms with Crippen molar-refractivity contribution in [1.82, 2.24) is 4.90 Å². The lowest BCUT2D eigenvalue weighted by atomic mass is 10.1. The predicted molar refractivity (Wildman–Crippen MR) is 66.8 cm³/mol. The quantitative estimate of drug-likeness (QED) is 0.704. The van der Waals surface area contributed by atoms with E-state index in [9.17, 15) is 0 Å². The van der Waals surface area contributed by atoms with E-state index in [2.05, 4.69) is 36.9 Å². The Morgan fingerprint density at radius 1 is 1.25 bits per heavy atom. The van der Waals surface area contributed by atoms with Crippen molar-refractivity contribution in [1.29, 1.82) is 5.26 Å². The van der Waals surface area contributed by atoms with Crippen LogP contribution in [0.3, 0.4) is 0 Å². The van der Waals surface area contributed by atoms with Crippen molar-refractivity contribution in [3.05, 3.63) is 47.7 Å². The van der Waals surface area contributed by atoms with Gasteiger partial charge in [0.2, 0.25) is 0 Å². The maximum atomic E-state index is 9.08. The van der Waals surface area contributed by atoms with Crippen LogP contribution in [0.2, 0.25) is 0 Å². The fraction of sp³-hybridized carbons (Fsp3) is 0.357. The molecule has 2 heteroatoms. The number of allylic oxidation sites excluding steroid dienone is 2. The van der Waals surface area contributed by atoms with Gasteiger partial charge in [0.15, 0.2) is 0 Å². The molecule has 1 aromatic carbocycles. The summed E-state index contributed by atoms with van der Waals surface area (Å²) in [6, 6.07) is 12.5. The van der Waals surface area contributed by atoms with E-state index in [-0.39, 0.29) is 0 Å². The van der Waals surface area contributed by atoms with Gasteiger partial charge in [0.25, 0.3) is 0 Å². The fourth-order valence-electron chi connectivity index (χ4n) is 1.64. The first-order chi connectivity index (χ1) is 7.81. The van der Waals surface area contributed by atoms with Crippen LogP contribution in [0.1, 0.15) is 19.4 Å². The summed E-state index contributed by atoms with van der Waals surface area (Å²) in [6.07, 6.45) is 2.82. The third-order valence-electron chi connectivity index (χ3n) is 2.59. The second-order valence-electron chi connectivity index (χ2n) is 3.56. The van der Waals surface area contributed by atoms with Crippen molar-refractivity contribution < 1.29 is 0 Å². The zero-order valence-electron chi connectivity index (χ0n) is 9.98. The zero-order chi connectivity index (χ0) is 11.8. The van der Waals surface area contributed by atoms with Crippen molar-refractivity contribution in [3.63, 3.8) is 0 Å². The molecule has 0 aliphatic rings. The molecule has 1 rings (SSSR count). The molecule has 0 aliphatic carbocycles. The zero-order valence-corrected chi connectivity index (χ0v) is 9.98. The van der Waals surface area contributed by atoms with Crippen LogP contribution in [0.25, 0.3) is 0 Å². The summed E-state index contributed by atoms with van der Waals surface area (Å²) in [4.78, 5) is 2.07. The van der Waals surface area contributed by atoms with E-state index in [0.29, 0.717) is 0 Å². The van der Waals surface area contributed by atoms with Gasteiger partial charge in [0, 0.05) is 13.1 Å². The lowest BCUT2D eigenvalue weighted by Crippen LogP contribution is -2.21. The second kappa shape index (κ2) is 6.68. The average molecular weight is 214 g/mol. The molecule has 0 aliphatic heterocycles. The first-order valence-corrected chi connectivity index (χ1v) is 5.71. The maximum absolute atomic E-state index is 9.08. The van der Waals surface area contributed by atoms with Gasteiger partial charge < -0.3 is 4.90 Å². The Balaban J connectivity index is 2.71. The van der Waals surface area contributed by atoms with Crippen molar-refractivity contribution in [2.75, 3.05) is 13.1 Å². The first-order valence-electron chi connectivity index (χ1n) is 5.71. The summed E-state index contributed by atoms with van der Waals surface area (Å²) in [6.45, 7) is 5.89. The molecule has 0 spiro atoms. The molecule has 0 unspecified atom stereocenters. The molecule has 0 fully saturated rings. The molecule has 0 heterocycles. The number of nitrogens with zero attached hydrogens (tertiary/aromatic N) is 2. The number of hydrogen-bond donors (Lipinski definition) is 0. The van der Waals surface area contributed by atoms with Crippen molar-refractivity contribution in [2.24, 2.45) is 0 Å². The topological polar surface area (TPSA) is 27.0 Å². The highest BCUT2D eigenvalue weighted by Crippen LogP contribution is 2.06. The molecular formula is C14H18N2. The van der Waals surface area contributed by atoms with E-state index in [0.717, 1.165) is 25.2 Å². The number of nitriles is 1. The maximum Gasteiger partial charge on any atom is 0.117 e. The summed E-state index contributed by atoms with van der Waals surface area (Å²) in [5.41, 5.74) is 2.01. The molecule has 0 radical (unpaired) electrons. The Morgan fingerprint density at radius 3 is 2.38 bits per heavy atom. The summed E-state index contributed by atoms with van der Waals surface area (Å²) < 4.78 is 0. The van der Waals surface area contributed by atoms with Crippen LogP contribution in [-0.4, -0.2) is 18.0 Å². The highest BCUT2D eigenvalue weighted by Gasteiger charge is 2.03. The van der Waals surface area contributed by atoms with Gasteiger partial charge in [-0.1, -0.05) is 30.3 Å². The lowest BCUT2D eigenvalue weighted by molar-refractivity contribution is 0.396. The minimum atomic E-state index is 0.772. The van der Waals surface area contributed by atoms with Crippen LogP contribution in [0.4, 0.5) is 0 Å². The summed E-state index contributed by atoms with van der Waals surface area (Å²) >= 11 is 0. The Morgan fingerprint density at radius 2 is 1.88 bits per heavy atom. The molecule has 2 nitrogen and oxygen atoms in total. The van der Waals surface area contributed by atoms with Crippen molar-refractivity contribution in [2.45, 2.75) is 20.3 Å². The van der Waals surface area contributed by atoms with Crippen LogP contribution in [0, 0.1) is 11.3 Å². The van der Waals surface area contributed by atoms with Crippen LogP contribution in [0.15, 0.2) is 42.1 Å². The third kappa shape index (κ3) is 3.43. The molecule has 0 amide bonds. The van der Waals surface area contributed by atoms with Crippen LogP contribution in [-0.2, 0) is 6.42 Å². The number of rotatable bonds is 5. The molecule has 0 bridgehead atoms. The Kier molecular flexibility index (Phi) is 5.15. The minimum Gasteiger partial charge on any atom is -0.364 e. The van der Waals surface area contributed by atoms with Crippen LogP contribution < -0.4 is 0 Å². The first kappa shape index (κ1) is 12.3. The molecule has 84 valence electrons. The lowest BCUT2D eigenvalue weighted by Gasteiger charge is -2.19. The van der Waals surface area contributed by atoms with Gasteiger partial charge >= 0.3 is 0 Å². The molecule has 16 heavy (non-hydrogen) atoms. The fourth-order valence-corrected chi connectivity index (χ4v) is 1.64. The SMILES string of the molecule is CCN(CC)C(C#N)=CCc1ccccc1. The second-order valence-corrected chi connectivity index (χ2v) is 3.56.